The molecule has 2 saturated heterocycles. The predicted molar refractivity (Wildman–Crippen MR) is 89.2 cm³/mol. The van der Waals surface area contributed by atoms with Gasteiger partial charge in [-0.1, -0.05) is 6.07 Å². The van der Waals surface area contributed by atoms with Crippen LogP contribution in [0.5, 0.6) is 0 Å². The molecule has 2 aliphatic heterocycles. The van der Waals surface area contributed by atoms with Crippen molar-refractivity contribution >= 4 is 24.2 Å². The van der Waals surface area contributed by atoms with Crippen molar-refractivity contribution in [2.24, 2.45) is 5.92 Å². The van der Waals surface area contributed by atoms with Gasteiger partial charge in [0.1, 0.15) is 0 Å². The summed E-state index contributed by atoms with van der Waals surface area (Å²) < 4.78 is 0. The lowest BCUT2D eigenvalue weighted by Gasteiger charge is -2.37. The van der Waals surface area contributed by atoms with Gasteiger partial charge in [0, 0.05) is 51.5 Å². The molecule has 2 aliphatic rings. The largest absolute Gasteiger partial charge is 0.342 e. The van der Waals surface area contributed by atoms with E-state index in [9.17, 15) is 9.59 Å². The highest BCUT2D eigenvalue weighted by Gasteiger charge is 2.38. The summed E-state index contributed by atoms with van der Waals surface area (Å²) >= 11 is 0. The van der Waals surface area contributed by atoms with Crippen molar-refractivity contribution in [3.8, 4) is 0 Å². The number of halogens is 1. The average Bonchev–Trinajstić information content (AvgIpc) is 2.96. The molecule has 0 radical (unpaired) electrons. The maximum atomic E-state index is 12.9. The minimum absolute atomic E-state index is 0. The normalized spacial score (nSPS) is 24.5. The van der Waals surface area contributed by atoms with E-state index in [1.165, 1.54) is 0 Å². The fraction of sp³-hybridized carbons (Fsp3) is 0.562. The number of aromatic nitrogens is 1. The Morgan fingerprint density at radius 3 is 2.96 bits per heavy atom. The second kappa shape index (κ2) is 7.75. The zero-order chi connectivity index (χ0) is 15.5. The summed E-state index contributed by atoms with van der Waals surface area (Å²) in [4.78, 5) is 32.6. The van der Waals surface area contributed by atoms with Crippen molar-refractivity contribution in [2.45, 2.75) is 19.4 Å². The first-order valence-electron chi connectivity index (χ1n) is 7.89. The molecular formula is C16H23ClN4O2. The van der Waals surface area contributed by atoms with E-state index in [4.69, 9.17) is 0 Å². The molecule has 0 aromatic carbocycles. The highest BCUT2D eigenvalue weighted by atomic mass is 35.5. The van der Waals surface area contributed by atoms with Crippen LogP contribution in [0.1, 0.15) is 24.9 Å². The van der Waals surface area contributed by atoms with Gasteiger partial charge in [-0.05, 0) is 18.6 Å². The van der Waals surface area contributed by atoms with Gasteiger partial charge in [0.25, 0.3) is 0 Å². The second-order valence-electron chi connectivity index (χ2n) is 5.87. The van der Waals surface area contributed by atoms with Crippen LogP contribution in [0.4, 0.5) is 0 Å². The number of likely N-dealkylation sites (tertiary alicyclic amines) is 1. The topological polar surface area (TPSA) is 65.5 Å². The average molecular weight is 339 g/mol. The molecule has 23 heavy (non-hydrogen) atoms. The minimum atomic E-state index is -0.204. The number of carbonyl (C=O) groups excluding carboxylic acids is 2. The smallest absolute Gasteiger partial charge is 0.228 e. The summed E-state index contributed by atoms with van der Waals surface area (Å²) in [5.74, 6) is -0.0155. The van der Waals surface area contributed by atoms with Crippen molar-refractivity contribution in [2.75, 3.05) is 32.7 Å². The fourth-order valence-corrected chi connectivity index (χ4v) is 3.32. The number of pyridine rings is 1. The van der Waals surface area contributed by atoms with E-state index in [2.05, 4.69) is 10.3 Å². The summed E-state index contributed by atoms with van der Waals surface area (Å²) in [5, 5.41) is 3.34. The number of nitrogens with one attached hydrogen (secondary N) is 1. The lowest BCUT2D eigenvalue weighted by Crippen LogP contribution is -2.50. The zero-order valence-corrected chi connectivity index (χ0v) is 14.1. The van der Waals surface area contributed by atoms with Gasteiger partial charge in [-0.3, -0.25) is 14.6 Å². The molecule has 2 amide bonds. The first-order valence-corrected chi connectivity index (χ1v) is 7.89. The molecule has 1 aromatic heterocycles. The van der Waals surface area contributed by atoms with Crippen LogP contribution in [0.2, 0.25) is 0 Å². The van der Waals surface area contributed by atoms with E-state index >= 15 is 0 Å². The first-order chi connectivity index (χ1) is 10.7. The Kier molecular flexibility index (Phi) is 5.96. The second-order valence-corrected chi connectivity index (χ2v) is 5.87. The Balaban J connectivity index is 0.00000192. The van der Waals surface area contributed by atoms with Crippen LogP contribution in [0.3, 0.4) is 0 Å². The molecule has 0 saturated carbocycles. The van der Waals surface area contributed by atoms with Crippen LogP contribution in [-0.4, -0.2) is 59.3 Å². The Hall–Kier alpha value is -1.66. The summed E-state index contributed by atoms with van der Waals surface area (Å²) in [6.45, 7) is 5.38. The van der Waals surface area contributed by atoms with Crippen molar-refractivity contribution < 1.29 is 9.59 Å². The van der Waals surface area contributed by atoms with Crippen LogP contribution in [0, 0.1) is 5.92 Å². The van der Waals surface area contributed by atoms with Crippen molar-refractivity contribution in [1.29, 1.82) is 0 Å². The van der Waals surface area contributed by atoms with Gasteiger partial charge in [-0.25, -0.2) is 0 Å². The molecule has 0 bridgehead atoms. The van der Waals surface area contributed by atoms with E-state index in [1.54, 1.807) is 11.1 Å². The van der Waals surface area contributed by atoms with E-state index in [1.807, 2.05) is 30.2 Å². The number of nitrogens with zero attached hydrogens (tertiary/aromatic N) is 3. The third-order valence-corrected chi connectivity index (χ3v) is 4.54. The SMILES string of the molecule is CCN1CC(C(=O)N2CCNCC2c2cccnc2)CC1=O.Cl. The van der Waals surface area contributed by atoms with Gasteiger partial charge in [0.05, 0.1) is 12.0 Å². The predicted octanol–water partition coefficient (Wildman–Crippen LogP) is 0.845. The molecule has 2 unspecified atom stereocenters. The molecule has 1 N–H and O–H groups in total. The van der Waals surface area contributed by atoms with Gasteiger partial charge < -0.3 is 15.1 Å². The molecule has 126 valence electrons. The van der Waals surface area contributed by atoms with Crippen LogP contribution >= 0.6 is 12.4 Å². The van der Waals surface area contributed by atoms with Gasteiger partial charge in [0.15, 0.2) is 0 Å². The lowest BCUT2D eigenvalue weighted by atomic mass is 10.0. The van der Waals surface area contributed by atoms with Crippen molar-refractivity contribution in [1.82, 2.24) is 20.1 Å². The first kappa shape index (κ1) is 17.7. The number of carbonyl (C=O) groups is 2. The van der Waals surface area contributed by atoms with Crippen molar-refractivity contribution in [3.63, 3.8) is 0 Å². The molecule has 6 nitrogen and oxygen atoms in total. The summed E-state index contributed by atoms with van der Waals surface area (Å²) in [7, 11) is 0. The Morgan fingerprint density at radius 1 is 1.48 bits per heavy atom. The third kappa shape index (κ3) is 3.64. The Labute approximate surface area is 142 Å². The quantitative estimate of drug-likeness (QED) is 0.887. The Bertz CT molecular complexity index is 554. The highest BCUT2D eigenvalue weighted by molar-refractivity contribution is 5.89. The van der Waals surface area contributed by atoms with E-state index in [0.717, 1.165) is 18.7 Å². The zero-order valence-electron chi connectivity index (χ0n) is 13.3. The van der Waals surface area contributed by atoms with Crippen molar-refractivity contribution in [3.05, 3.63) is 30.1 Å². The third-order valence-electron chi connectivity index (χ3n) is 4.54. The molecule has 2 atom stereocenters. The Morgan fingerprint density at radius 2 is 2.30 bits per heavy atom. The molecule has 0 aliphatic carbocycles. The maximum Gasteiger partial charge on any atom is 0.228 e. The molecule has 7 heteroatoms. The van der Waals surface area contributed by atoms with E-state index < -0.39 is 0 Å². The van der Waals surface area contributed by atoms with Gasteiger partial charge in [-0.2, -0.15) is 0 Å². The molecular weight excluding hydrogens is 316 g/mol. The molecule has 3 heterocycles. The summed E-state index contributed by atoms with van der Waals surface area (Å²) in [6.07, 6.45) is 3.90. The van der Waals surface area contributed by atoms with Crippen LogP contribution in [-0.2, 0) is 9.59 Å². The van der Waals surface area contributed by atoms with Crippen LogP contribution < -0.4 is 5.32 Å². The standard InChI is InChI=1S/C16H22N4O2.ClH/c1-2-19-11-13(8-15(19)21)16(22)20-7-6-18-10-14(20)12-4-3-5-17-9-12;/h3-5,9,13-14,18H,2,6-8,10-11H2,1H3;1H. The van der Waals surface area contributed by atoms with Crippen LogP contribution in [0.15, 0.2) is 24.5 Å². The van der Waals surface area contributed by atoms with Gasteiger partial charge >= 0.3 is 0 Å². The number of hydrogen-bond acceptors (Lipinski definition) is 4. The highest BCUT2D eigenvalue weighted by Crippen LogP contribution is 2.27. The fourth-order valence-electron chi connectivity index (χ4n) is 3.32. The summed E-state index contributed by atoms with van der Waals surface area (Å²) in [5.41, 5.74) is 1.04. The monoisotopic (exact) mass is 338 g/mol. The van der Waals surface area contributed by atoms with E-state index in [0.29, 0.717) is 26.1 Å². The molecule has 2 fully saturated rings. The minimum Gasteiger partial charge on any atom is -0.342 e. The number of hydrogen-bond donors (Lipinski definition) is 1. The number of piperazine rings is 1. The number of rotatable bonds is 3. The summed E-state index contributed by atoms with van der Waals surface area (Å²) in [6, 6.07) is 3.90. The van der Waals surface area contributed by atoms with Gasteiger partial charge in [-0.15, -0.1) is 12.4 Å². The van der Waals surface area contributed by atoms with E-state index in [-0.39, 0.29) is 36.2 Å². The molecule has 0 spiro atoms. The van der Waals surface area contributed by atoms with Crippen LogP contribution in [0.25, 0.3) is 0 Å². The maximum absolute atomic E-state index is 12.9. The molecule has 1 aromatic rings. The lowest BCUT2D eigenvalue weighted by molar-refractivity contribution is -0.139. The number of amides is 2. The van der Waals surface area contributed by atoms with Gasteiger partial charge in [0.2, 0.25) is 11.8 Å². The molecule has 3 rings (SSSR count).